The zero-order valence-corrected chi connectivity index (χ0v) is 19.2. The third-order valence-electron chi connectivity index (χ3n) is 6.22. The first-order valence-electron chi connectivity index (χ1n) is 10.9. The summed E-state index contributed by atoms with van der Waals surface area (Å²) in [5, 5.41) is 4.37. The molecule has 0 unspecified atom stereocenters. The molecule has 0 aromatic heterocycles. The largest absolute Gasteiger partial charge is 0.389 e. The molecule has 176 valence electrons. The molecule has 0 amide bonds. The minimum absolute atomic E-state index is 0.263. The molecule has 10 nitrogen and oxygen atoms in total. The molecule has 0 aromatic rings. The summed E-state index contributed by atoms with van der Waals surface area (Å²) in [5.41, 5.74) is 0.757. The number of rotatable bonds is 4. The van der Waals surface area contributed by atoms with E-state index in [0.717, 1.165) is 5.71 Å². The van der Waals surface area contributed by atoms with Crippen LogP contribution in [0.3, 0.4) is 0 Å². The molecule has 0 aliphatic carbocycles. The highest BCUT2D eigenvalue weighted by atomic mass is 16.8. The minimum atomic E-state index is -0.769. The number of methoxy groups -OCH3 is 1. The lowest BCUT2D eigenvalue weighted by molar-refractivity contribution is -0.238. The molecule has 0 aromatic carbocycles. The first-order valence-corrected chi connectivity index (χ1v) is 10.9. The maximum absolute atomic E-state index is 6.21. The summed E-state index contributed by atoms with van der Waals surface area (Å²) in [6.45, 7) is 11.7. The number of nitrogens with zero attached hydrogens (tertiary/aromatic N) is 1. The predicted molar refractivity (Wildman–Crippen MR) is 105 cm³/mol. The molecule has 5 rings (SSSR count). The van der Waals surface area contributed by atoms with Gasteiger partial charge in [-0.1, -0.05) is 5.16 Å². The molecular formula is C21H33NO9. The van der Waals surface area contributed by atoms with E-state index < -0.39 is 29.8 Å². The summed E-state index contributed by atoms with van der Waals surface area (Å²) < 4.78 is 47.8. The average molecular weight is 443 g/mol. The van der Waals surface area contributed by atoms with E-state index in [2.05, 4.69) is 5.16 Å². The van der Waals surface area contributed by atoms with Gasteiger partial charge >= 0.3 is 0 Å². The first kappa shape index (κ1) is 22.0. The van der Waals surface area contributed by atoms with Crippen LogP contribution in [0.4, 0.5) is 0 Å². The number of fused-ring (bicyclic) bond motifs is 1. The van der Waals surface area contributed by atoms with Crippen LogP contribution in [0.5, 0.6) is 0 Å². The number of ether oxygens (including phenoxy) is 8. The minimum Gasteiger partial charge on any atom is -0.389 e. The lowest BCUT2D eigenvalue weighted by Crippen LogP contribution is -2.43. The molecule has 0 saturated carbocycles. The van der Waals surface area contributed by atoms with Crippen molar-refractivity contribution in [2.24, 2.45) is 5.16 Å². The van der Waals surface area contributed by atoms with Crippen LogP contribution >= 0.6 is 0 Å². The van der Waals surface area contributed by atoms with Crippen molar-refractivity contribution in [3.05, 3.63) is 0 Å². The van der Waals surface area contributed by atoms with Crippen LogP contribution < -0.4 is 0 Å². The molecule has 5 aliphatic heterocycles. The lowest BCUT2D eigenvalue weighted by Gasteiger charge is -2.26. The van der Waals surface area contributed by atoms with E-state index in [1.165, 1.54) is 0 Å². The van der Waals surface area contributed by atoms with Crippen LogP contribution in [0.25, 0.3) is 0 Å². The number of oxime groups is 1. The Kier molecular flexibility index (Phi) is 5.19. The molecule has 8 atom stereocenters. The van der Waals surface area contributed by atoms with E-state index in [-0.39, 0.29) is 36.6 Å². The Labute approximate surface area is 182 Å². The van der Waals surface area contributed by atoms with Gasteiger partial charge in [0.2, 0.25) is 0 Å². The van der Waals surface area contributed by atoms with Crippen molar-refractivity contribution in [1.29, 1.82) is 0 Å². The Balaban J connectivity index is 1.29. The monoisotopic (exact) mass is 443 g/mol. The Morgan fingerprint density at radius 3 is 2.13 bits per heavy atom. The fourth-order valence-electron chi connectivity index (χ4n) is 5.04. The van der Waals surface area contributed by atoms with E-state index in [0.29, 0.717) is 13.0 Å². The van der Waals surface area contributed by atoms with Crippen LogP contribution in [0.1, 0.15) is 48.0 Å². The zero-order chi connectivity index (χ0) is 22.2. The van der Waals surface area contributed by atoms with E-state index >= 15 is 0 Å². The van der Waals surface area contributed by atoms with Gasteiger partial charge in [0.05, 0.1) is 12.3 Å². The highest BCUT2D eigenvalue weighted by molar-refractivity contribution is 5.90. The van der Waals surface area contributed by atoms with Crippen LogP contribution in [0.2, 0.25) is 0 Å². The fourth-order valence-corrected chi connectivity index (χ4v) is 5.04. The maximum Gasteiger partial charge on any atom is 0.186 e. The van der Waals surface area contributed by atoms with Gasteiger partial charge in [-0.3, -0.25) is 0 Å². The normalized spacial score (nSPS) is 47.4. The van der Waals surface area contributed by atoms with Gasteiger partial charge in [0.15, 0.2) is 29.8 Å². The molecule has 4 fully saturated rings. The molecule has 0 bridgehead atoms. The number of hydrogen-bond acceptors (Lipinski definition) is 10. The van der Waals surface area contributed by atoms with E-state index in [1.807, 2.05) is 41.5 Å². The summed E-state index contributed by atoms with van der Waals surface area (Å²) in [5.74, 6) is -2.13. The highest BCUT2D eigenvalue weighted by Crippen LogP contribution is 2.43. The molecule has 4 saturated heterocycles. The van der Waals surface area contributed by atoms with E-state index in [9.17, 15) is 0 Å². The topological polar surface area (TPSA) is 95.4 Å². The maximum atomic E-state index is 6.21. The van der Waals surface area contributed by atoms with Gasteiger partial charge in [-0.15, -0.1) is 0 Å². The summed E-state index contributed by atoms with van der Waals surface area (Å²) in [7, 11) is 1.60. The molecule has 0 N–H and O–H groups in total. The molecule has 5 heterocycles. The van der Waals surface area contributed by atoms with Crippen LogP contribution in [0.15, 0.2) is 5.16 Å². The summed E-state index contributed by atoms with van der Waals surface area (Å²) >= 11 is 0. The Hall–Kier alpha value is -0.850. The van der Waals surface area contributed by atoms with Crippen molar-refractivity contribution in [1.82, 2.24) is 0 Å². The standard InChI is InChI=1S/C21H33NO9/c1-19(2)24-9-12(26-19)15-13(27-20(3,4)28-15)10-8-11(31-22-10)14-16-17(18(23-7)25-14)30-21(5,6)29-16/h11-18H,8-9H2,1-7H3/t11-,12-,13-,14+,15-,16-,17-,18-/m0/s1. The molecule has 0 radical (unpaired) electrons. The van der Waals surface area contributed by atoms with Crippen molar-refractivity contribution < 1.29 is 42.7 Å². The van der Waals surface area contributed by atoms with E-state index in [1.54, 1.807) is 7.11 Å². The third kappa shape index (κ3) is 4.02. The van der Waals surface area contributed by atoms with Gasteiger partial charge in [-0.05, 0) is 41.5 Å². The average Bonchev–Trinajstić information content (AvgIpc) is 3.43. The van der Waals surface area contributed by atoms with Crippen molar-refractivity contribution in [2.75, 3.05) is 13.7 Å². The van der Waals surface area contributed by atoms with Gasteiger partial charge < -0.3 is 42.7 Å². The van der Waals surface area contributed by atoms with Crippen molar-refractivity contribution in [3.8, 4) is 0 Å². The first-order chi connectivity index (χ1) is 14.5. The van der Waals surface area contributed by atoms with Crippen LogP contribution in [0, 0.1) is 0 Å². The van der Waals surface area contributed by atoms with Crippen molar-refractivity contribution in [2.45, 2.75) is 114 Å². The smallest absolute Gasteiger partial charge is 0.186 e. The second kappa shape index (κ2) is 7.33. The molecule has 0 spiro atoms. The van der Waals surface area contributed by atoms with E-state index in [4.69, 9.17) is 42.7 Å². The van der Waals surface area contributed by atoms with Crippen LogP contribution in [-0.2, 0) is 42.7 Å². The van der Waals surface area contributed by atoms with Gasteiger partial charge in [0.25, 0.3) is 0 Å². The quantitative estimate of drug-likeness (QED) is 0.643. The SMILES string of the molecule is CO[C@H]1O[C@H]([C@@H]2CC([C@@H]3OC(C)(C)O[C@H]3[C@@H]3COC(C)(C)O3)=NO2)[C@@H]2OC(C)(C)O[C@H]12. The predicted octanol–water partition coefficient (Wildman–Crippen LogP) is 1.69. The van der Waals surface area contributed by atoms with Gasteiger partial charge in [0, 0.05) is 13.5 Å². The fraction of sp³-hybridized carbons (Fsp3) is 0.952. The second-order valence-corrected chi connectivity index (χ2v) is 10.1. The van der Waals surface area contributed by atoms with Gasteiger partial charge in [-0.25, -0.2) is 0 Å². The van der Waals surface area contributed by atoms with Gasteiger partial charge in [0.1, 0.15) is 36.6 Å². The van der Waals surface area contributed by atoms with Crippen molar-refractivity contribution >= 4 is 5.71 Å². The van der Waals surface area contributed by atoms with Gasteiger partial charge in [-0.2, -0.15) is 0 Å². The molecular weight excluding hydrogens is 410 g/mol. The Bertz CT molecular complexity index is 738. The number of hydrogen-bond donors (Lipinski definition) is 0. The molecule has 10 heteroatoms. The Morgan fingerprint density at radius 2 is 1.45 bits per heavy atom. The zero-order valence-electron chi connectivity index (χ0n) is 19.2. The second-order valence-electron chi connectivity index (χ2n) is 10.1. The molecule has 5 aliphatic rings. The third-order valence-corrected chi connectivity index (χ3v) is 6.22. The summed E-state index contributed by atoms with van der Waals surface area (Å²) in [6.07, 6.45) is -2.37. The van der Waals surface area contributed by atoms with Crippen LogP contribution in [-0.4, -0.2) is 85.8 Å². The Morgan fingerprint density at radius 1 is 0.774 bits per heavy atom. The van der Waals surface area contributed by atoms with Crippen molar-refractivity contribution in [3.63, 3.8) is 0 Å². The lowest BCUT2D eigenvalue weighted by atomic mass is 9.96. The highest BCUT2D eigenvalue weighted by Gasteiger charge is 2.60. The molecule has 31 heavy (non-hydrogen) atoms. The summed E-state index contributed by atoms with van der Waals surface area (Å²) in [6, 6.07) is 0. The summed E-state index contributed by atoms with van der Waals surface area (Å²) in [4.78, 5) is 5.82.